The van der Waals surface area contributed by atoms with E-state index in [-0.39, 0.29) is 0 Å². The molecule has 2 heterocycles. The third-order valence-corrected chi connectivity index (χ3v) is 5.87. The van der Waals surface area contributed by atoms with Gasteiger partial charge in [0.1, 0.15) is 23.9 Å². The van der Waals surface area contributed by atoms with Crippen LogP contribution in [-0.2, 0) is 13.2 Å². The van der Waals surface area contributed by atoms with E-state index in [2.05, 4.69) is 23.0 Å². The molecule has 172 valence electrons. The Labute approximate surface area is 198 Å². The van der Waals surface area contributed by atoms with Gasteiger partial charge in [0.2, 0.25) is 5.88 Å². The summed E-state index contributed by atoms with van der Waals surface area (Å²) in [5.74, 6) is 2.94. The normalized spacial score (nSPS) is 11.0. The van der Waals surface area contributed by atoms with Crippen LogP contribution in [0, 0.1) is 0 Å². The molecule has 0 spiro atoms. The molecule has 6 heteroatoms. The van der Waals surface area contributed by atoms with E-state index in [0.717, 1.165) is 50.1 Å². The molecule has 0 aliphatic carbocycles. The van der Waals surface area contributed by atoms with E-state index in [1.807, 2.05) is 60.7 Å². The first-order valence-electron chi connectivity index (χ1n) is 11.0. The Kier molecular flexibility index (Phi) is 5.95. The van der Waals surface area contributed by atoms with E-state index in [4.69, 9.17) is 23.9 Å². The van der Waals surface area contributed by atoms with Crippen molar-refractivity contribution >= 4 is 21.7 Å². The zero-order valence-corrected chi connectivity index (χ0v) is 19.4. The second-order valence-corrected chi connectivity index (χ2v) is 8.01. The van der Waals surface area contributed by atoms with E-state index >= 15 is 0 Å². The summed E-state index contributed by atoms with van der Waals surface area (Å²) >= 11 is 0. The molecule has 0 unspecified atom stereocenters. The number of aromatic nitrogens is 2. The zero-order valence-electron chi connectivity index (χ0n) is 19.4. The number of fused-ring (bicyclic) bond motifs is 2. The highest BCUT2D eigenvalue weighted by molar-refractivity contribution is 6.04. The average Bonchev–Trinajstić information content (AvgIpc) is 3.28. The van der Waals surface area contributed by atoms with Crippen LogP contribution >= 0.6 is 0 Å². The molecule has 6 nitrogen and oxygen atoms in total. The quantitative estimate of drug-likeness (QED) is 0.295. The molecule has 2 aromatic heterocycles. The maximum absolute atomic E-state index is 5.93. The maximum atomic E-state index is 5.93. The van der Waals surface area contributed by atoms with E-state index in [1.54, 1.807) is 21.3 Å². The Hall–Kier alpha value is -4.19. The summed E-state index contributed by atoms with van der Waals surface area (Å²) < 4.78 is 24.8. The molecule has 3 aromatic carbocycles. The number of methoxy groups -OCH3 is 3. The number of hydrogen-bond donors (Lipinski definition) is 0. The molecule has 0 aliphatic rings. The van der Waals surface area contributed by atoms with E-state index < -0.39 is 0 Å². The van der Waals surface area contributed by atoms with Gasteiger partial charge in [-0.3, -0.25) is 0 Å². The molecular weight excluding hydrogens is 428 g/mol. The van der Waals surface area contributed by atoms with Crippen molar-refractivity contribution in [3.05, 3.63) is 90.3 Å². The number of pyridine rings is 1. The number of rotatable bonds is 8. The van der Waals surface area contributed by atoms with Crippen molar-refractivity contribution in [2.24, 2.45) is 0 Å². The lowest BCUT2D eigenvalue weighted by Gasteiger charge is -2.11. The molecule has 0 amide bonds. The zero-order chi connectivity index (χ0) is 23.5. The topological polar surface area (TPSA) is 54.7 Å². The predicted octanol–water partition coefficient (Wildman–Crippen LogP) is 5.84. The summed E-state index contributed by atoms with van der Waals surface area (Å²) in [6, 6.07) is 21.9. The van der Waals surface area contributed by atoms with Crippen LogP contribution in [-0.4, -0.2) is 30.9 Å². The highest BCUT2D eigenvalue weighted by Crippen LogP contribution is 2.36. The summed E-state index contributed by atoms with van der Waals surface area (Å²) in [5, 5.41) is 3.02. The number of hydrogen-bond acceptors (Lipinski definition) is 5. The molecule has 34 heavy (non-hydrogen) atoms. The van der Waals surface area contributed by atoms with Gasteiger partial charge in [0, 0.05) is 46.2 Å². The minimum absolute atomic E-state index is 0.471. The molecule has 5 aromatic rings. The fourth-order valence-corrected chi connectivity index (χ4v) is 4.18. The lowest BCUT2D eigenvalue weighted by atomic mass is 10.1. The van der Waals surface area contributed by atoms with Crippen molar-refractivity contribution in [2.75, 3.05) is 21.3 Å². The van der Waals surface area contributed by atoms with Crippen molar-refractivity contribution < 1.29 is 18.9 Å². The molecule has 0 radical (unpaired) electrons. The van der Waals surface area contributed by atoms with Crippen molar-refractivity contribution in [3.63, 3.8) is 0 Å². The molecule has 0 saturated heterocycles. The highest BCUT2D eigenvalue weighted by Gasteiger charge is 2.14. The van der Waals surface area contributed by atoms with Gasteiger partial charge in [0.05, 0.1) is 33.4 Å². The Balaban J connectivity index is 1.48. The Morgan fingerprint density at radius 2 is 1.65 bits per heavy atom. The number of nitrogens with zero attached hydrogens (tertiary/aromatic N) is 2. The van der Waals surface area contributed by atoms with Crippen molar-refractivity contribution in [2.45, 2.75) is 13.2 Å². The molecular formula is C28H26N2O4. The summed E-state index contributed by atoms with van der Waals surface area (Å²) in [6.07, 6.45) is 4.19. The van der Waals surface area contributed by atoms with Gasteiger partial charge in [-0.1, -0.05) is 30.3 Å². The monoisotopic (exact) mass is 454 g/mol. The minimum atomic E-state index is 0.471. The van der Waals surface area contributed by atoms with Gasteiger partial charge >= 0.3 is 0 Å². The Bertz CT molecular complexity index is 1440. The van der Waals surface area contributed by atoms with Crippen molar-refractivity contribution in [1.29, 1.82) is 0 Å². The highest BCUT2D eigenvalue weighted by atomic mass is 16.5. The number of ether oxygens (including phenoxy) is 4. The van der Waals surface area contributed by atoms with Crippen LogP contribution < -0.4 is 18.9 Å². The first kappa shape index (κ1) is 21.6. The van der Waals surface area contributed by atoms with Gasteiger partial charge in [-0.15, -0.1) is 0 Å². The maximum Gasteiger partial charge on any atom is 0.214 e. The lowest BCUT2D eigenvalue weighted by molar-refractivity contribution is 0.295. The SMILES string of the molecule is COc1ccc(Cn2cc3cc4nc(OCc5ccccc5)ccc4c(OC)c3c2)c(OC)c1. The van der Waals surface area contributed by atoms with Crippen LogP contribution in [0.1, 0.15) is 11.1 Å². The Morgan fingerprint density at radius 1 is 0.794 bits per heavy atom. The Morgan fingerprint density at radius 3 is 2.41 bits per heavy atom. The summed E-state index contributed by atoms with van der Waals surface area (Å²) in [4.78, 5) is 4.74. The fourth-order valence-electron chi connectivity index (χ4n) is 4.18. The first-order valence-corrected chi connectivity index (χ1v) is 11.0. The van der Waals surface area contributed by atoms with Crippen LogP contribution in [0.15, 0.2) is 79.1 Å². The smallest absolute Gasteiger partial charge is 0.214 e. The standard InChI is InChI=1S/C28H26N2O4/c1-31-22-10-9-20(26(14-22)32-2)15-30-16-21-13-25-23(28(33-3)24(21)17-30)11-12-27(29-25)34-18-19-7-5-4-6-8-19/h4-14,16-17H,15,18H2,1-3H3. The van der Waals surface area contributed by atoms with Gasteiger partial charge in [0.25, 0.3) is 0 Å². The second kappa shape index (κ2) is 9.35. The van der Waals surface area contributed by atoms with Crippen LogP contribution in [0.25, 0.3) is 21.7 Å². The fraction of sp³-hybridized carbons (Fsp3) is 0.179. The second-order valence-electron chi connectivity index (χ2n) is 8.01. The molecule has 0 saturated carbocycles. The molecule has 0 atom stereocenters. The number of benzene rings is 3. The van der Waals surface area contributed by atoms with E-state index in [9.17, 15) is 0 Å². The van der Waals surface area contributed by atoms with Crippen LogP contribution in [0.4, 0.5) is 0 Å². The third-order valence-electron chi connectivity index (χ3n) is 5.87. The van der Waals surface area contributed by atoms with Gasteiger partial charge < -0.3 is 23.5 Å². The summed E-state index contributed by atoms with van der Waals surface area (Å²) in [7, 11) is 5.01. The van der Waals surface area contributed by atoms with E-state index in [0.29, 0.717) is 19.0 Å². The summed E-state index contributed by atoms with van der Waals surface area (Å²) in [6.45, 7) is 1.12. The minimum Gasteiger partial charge on any atom is -0.497 e. The molecule has 0 aliphatic heterocycles. The summed E-state index contributed by atoms with van der Waals surface area (Å²) in [5.41, 5.74) is 2.99. The first-order chi connectivity index (χ1) is 16.7. The molecule has 0 N–H and O–H groups in total. The van der Waals surface area contributed by atoms with Gasteiger partial charge in [-0.25, -0.2) is 4.98 Å². The van der Waals surface area contributed by atoms with Crippen LogP contribution in [0.3, 0.4) is 0 Å². The van der Waals surface area contributed by atoms with Gasteiger partial charge in [-0.05, 0) is 29.8 Å². The molecule has 0 bridgehead atoms. The van der Waals surface area contributed by atoms with Crippen LogP contribution in [0.2, 0.25) is 0 Å². The van der Waals surface area contributed by atoms with Gasteiger partial charge in [-0.2, -0.15) is 0 Å². The lowest BCUT2D eigenvalue weighted by Crippen LogP contribution is -1.99. The largest absolute Gasteiger partial charge is 0.497 e. The van der Waals surface area contributed by atoms with Gasteiger partial charge in [0.15, 0.2) is 0 Å². The van der Waals surface area contributed by atoms with Crippen LogP contribution in [0.5, 0.6) is 23.1 Å². The van der Waals surface area contributed by atoms with Crippen molar-refractivity contribution in [3.8, 4) is 23.1 Å². The van der Waals surface area contributed by atoms with E-state index in [1.165, 1.54) is 0 Å². The average molecular weight is 455 g/mol. The predicted molar refractivity (Wildman–Crippen MR) is 133 cm³/mol. The molecule has 0 fully saturated rings. The van der Waals surface area contributed by atoms with Crippen molar-refractivity contribution in [1.82, 2.24) is 9.55 Å². The molecule has 5 rings (SSSR count). The third kappa shape index (κ3) is 4.22.